The summed E-state index contributed by atoms with van der Waals surface area (Å²) in [6, 6.07) is 0. The highest BCUT2D eigenvalue weighted by molar-refractivity contribution is 7.88. The summed E-state index contributed by atoms with van der Waals surface area (Å²) >= 11 is 0. The van der Waals surface area contributed by atoms with Crippen LogP contribution < -0.4 is 0 Å². The molecule has 5 heteroatoms. The Bertz CT molecular complexity index is 315. The second-order valence-corrected chi connectivity index (χ2v) is 7.78. The fourth-order valence-electron chi connectivity index (χ4n) is 2.29. The zero-order chi connectivity index (χ0) is 15.4. The van der Waals surface area contributed by atoms with Gasteiger partial charge < -0.3 is 5.11 Å². The molecule has 0 aromatic heterocycles. The smallest absolute Gasteiger partial charge is 0.211 e. The normalized spacial score (nSPS) is 13.8. The molecule has 0 aliphatic rings. The van der Waals surface area contributed by atoms with E-state index in [1.807, 2.05) is 0 Å². The van der Waals surface area contributed by atoms with E-state index in [1.54, 1.807) is 6.92 Å². The number of aliphatic hydroxyl groups is 1. The summed E-state index contributed by atoms with van der Waals surface area (Å²) in [5.41, 5.74) is 0. The number of sulfonamides is 1. The third-order valence-electron chi connectivity index (χ3n) is 3.45. The van der Waals surface area contributed by atoms with E-state index < -0.39 is 16.1 Å². The molecule has 1 N–H and O–H groups in total. The highest BCUT2D eigenvalue weighted by atomic mass is 32.2. The second kappa shape index (κ2) is 11.5. The van der Waals surface area contributed by atoms with Crippen LogP contribution in [-0.2, 0) is 10.0 Å². The molecule has 0 aromatic carbocycles. The first kappa shape index (κ1) is 19.9. The summed E-state index contributed by atoms with van der Waals surface area (Å²) in [7, 11) is -3.19. The van der Waals surface area contributed by atoms with E-state index in [4.69, 9.17) is 0 Å². The van der Waals surface area contributed by atoms with E-state index in [1.165, 1.54) is 55.5 Å². The third-order valence-corrected chi connectivity index (χ3v) is 4.72. The van der Waals surface area contributed by atoms with Crippen LogP contribution in [0.4, 0.5) is 0 Å². The quantitative estimate of drug-likeness (QED) is 0.532. The lowest BCUT2D eigenvalue weighted by Gasteiger charge is -2.21. The summed E-state index contributed by atoms with van der Waals surface area (Å²) in [5, 5.41) is 9.32. The number of hydrogen-bond donors (Lipinski definition) is 1. The Morgan fingerprint density at radius 3 is 1.80 bits per heavy atom. The number of unbranched alkanes of at least 4 members (excludes halogenated alkanes) is 8. The molecular weight excluding hydrogens is 274 g/mol. The first-order valence-corrected chi connectivity index (χ1v) is 9.86. The van der Waals surface area contributed by atoms with Gasteiger partial charge >= 0.3 is 0 Å². The molecule has 0 heterocycles. The average Bonchev–Trinajstić information content (AvgIpc) is 2.33. The van der Waals surface area contributed by atoms with Crippen molar-refractivity contribution in [1.82, 2.24) is 4.31 Å². The Balaban J connectivity index is 3.64. The van der Waals surface area contributed by atoms with Crippen molar-refractivity contribution in [3.05, 3.63) is 0 Å². The van der Waals surface area contributed by atoms with Gasteiger partial charge in [0.25, 0.3) is 0 Å². The van der Waals surface area contributed by atoms with Crippen LogP contribution in [0.1, 0.15) is 71.6 Å². The number of aliphatic hydroxyl groups excluding tert-OH is 1. The molecule has 0 fully saturated rings. The molecule has 4 nitrogen and oxygen atoms in total. The molecule has 0 spiro atoms. The van der Waals surface area contributed by atoms with Gasteiger partial charge in [-0.25, -0.2) is 8.42 Å². The Morgan fingerprint density at radius 1 is 0.950 bits per heavy atom. The topological polar surface area (TPSA) is 57.6 Å². The maximum Gasteiger partial charge on any atom is 0.211 e. The summed E-state index contributed by atoms with van der Waals surface area (Å²) in [5.74, 6) is 0. The van der Waals surface area contributed by atoms with Gasteiger partial charge in [0.1, 0.15) is 0 Å². The maximum absolute atomic E-state index is 11.5. The summed E-state index contributed by atoms with van der Waals surface area (Å²) in [4.78, 5) is 0. The summed E-state index contributed by atoms with van der Waals surface area (Å²) in [6.45, 7) is 4.57. The van der Waals surface area contributed by atoms with Crippen LogP contribution in [0.3, 0.4) is 0 Å². The predicted molar refractivity (Wildman–Crippen MR) is 85.3 cm³/mol. The van der Waals surface area contributed by atoms with Crippen molar-refractivity contribution < 1.29 is 13.5 Å². The van der Waals surface area contributed by atoms with Gasteiger partial charge in [-0.05, 0) is 13.3 Å². The molecule has 0 saturated carbocycles. The van der Waals surface area contributed by atoms with Crippen molar-refractivity contribution >= 4 is 10.0 Å². The summed E-state index contributed by atoms with van der Waals surface area (Å²) < 4.78 is 24.5. The number of hydrogen-bond acceptors (Lipinski definition) is 3. The molecule has 1 unspecified atom stereocenters. The van der Waals surface area contributed by atoms with E-state index in [9.17, 15) is 13.5 Å². The standard InChI is InChI=1S/C15H33NO3S/c1-4-5-6-7-8-9-10-11-12-13-16(14-15(2)17)20(3,18)19/h15,17H,4-14H2,1-3H3. The van der Waals surface area contributed by atoms with E-state index in [0.29, 0.717) is 6.54 Å². The highest BCUT2D eigenvalue weighted by Crippen LogP contribution is 2.11. The molecular formula is C15H33NO3S. The molecule has 0 aromatic rings. The van der Waals surface area contributed by atoms with Crippen molar-refractivity contribution in [2.24, 2.45) is 0 Å². The maximum atomic E-state index is 11.5. The lowest BCUT2D eigenvalue weighted by atomic mass is 10.1. The van der Waals surface area contributed by atoms with Gasteiger partial charge in [-0.15, -0.1) is 0 Å². The SMILES string of the molecule is CCCCCCCCCCCN(CC(C)O)S(C)(=O)=O. The largest absolute Gasteiger partial charge is 0.392 e. The summed E-state index contributed by atoms with van der Waals surface area (Å²) in [6.07, 6.45) is 11.6. The van der Waals surface area contributed by atoms with Crippen molar-refractivity contribution in [3.8, 4) is 0 Å². The van der Waals surface area contributed by atoms with Gasteiger partial charge in [-0.2, -0.15) is 4.31 Å². The minimum atomic E-state index is -3.19. The Hall–Kier alpha value is -0.130. The second-order valence-electron chi connectivity index (χ2n) is 5.80. The molecule has 0 aliphatic carbocycles. The van der Waals surface area contributed by atoms with Crippen molar-refractivity contribution in [3.63, 3.8) is 0 Å². The molecule has 0 amide bonds. The molecule has 0 bridgehead atoms. The minimum Gasteiger partial charge on any atom is -0.392 e. The third kappa shape index (κ3) is 11.7. The van der Waals surface area contributed by atoms with Gasteiger partial charge in [0.15, 0.2) is 0 Å². The predicted octanol–water partition coefficient (Wildman–Crippen LogP) is 3.16. The lowest BCUT2D eigenvalue weighted by molar-refractivity contribution is 0.162. The Labute approximate surface area is 125 Å². The van der Waals surface area contributed by atoms with Crippen molar-refractivity contribution in [1.29, 1.82) is 0 Å². The lowest BCUT2D eigenvalue weighted by Crippen LogP contribution is -2.36. The van der Waals surface area contributed by atoms with Crippen molar-refractivity contribution in [2.45, 2.75) is 77.7 Å². The van der Waals surface area contributed by atoms with E-state index >= 15 is 0 Å². The van der Waals surface area contributed by atoms with Gasteiger partial charge in [-0.1, -0.05) is 58.3 Å². The van der Waals surface area contributed by atoms with Crippen LogP contribution >= 0.6 is 0 Å². The zero-order valence-corrected chi connectivity index (χ0v) is 14.3. The fraction of sp³-hybridized carbons (Fsp3) is 1.00. The molecule has 0 aliphatic heterocycles. The van der Waals surface area contributed by atoms with Gasteiger partial charge in [-0.3, -0.25) is 0 Å². The van der Waals surface area contributed by atoms with Crippen LogP contribution in [0.5, 0.6) is 0 Å². The minimum absolute atomic E-state index is 0.204. The first-order valence-electron chi connectivity index (χ1n) is 8.01. The van der Waals surface area contributed by atoms with E-state index in [2.05, 4.69) is 6.92 Å². The molecule has 0 saturated heterocycles. The van der Waals surface area contributed by atoms with Crippen LogP contribution in [0.2, 0.25) is 0 Å². The molecule has 0 rings (SSSR count). The van der Waals surface area contributed by atoms with Crippen molar-refractivity contribution in [2.75, 3.05) is 19.3 Å². The van der Waals surface area contributed by atoms with Gasteiger partial charge in [0, 0.05) is 13.1 Å². The Kier molecular flexibility index (Phi) is 11.4. The molecule has 20 heavy (non-hydrogen) atoms. The van der Waals surface area contributed by atoms with Gasteiger partial charge in [0.2, 0.25) is 10.0 Å². The molecule has 1 atom stereocenters. The Morgan fingerprint density at radius 2 is 1.40 bits per heavy atom. The van der Waals surface area contributed by atoms with E-state index in [0.717, 1.165) is 12.8 Å². The average molecular weight is 308 g/mol. The molecule has 122 valence electrons. The van der Waals surface area contributed by atoms with Gasteiger partial charge in [0.05, 0.1) is 12.4 Å². The van der Waals surface area contributed by atoms with E-state index in [-0.39, 0.29) is 6.54 Å². The first-order chi connectivity index (χ1) is 9.38. The van der Waals surface area contributed by atoms with Crippen LogP contribution in [0.25, 0.3) is 0 Å². The monoisotopic (exact) mass is 307 g/mol. The van der Waals surface area contributed by atoms with Crippen LogP contribution in [-0.4, -0.2) is 43.3 Å². The highest BCUT2D eigenvalue weighted by Gasteiger charge is 2.17. The number of nitrogens with zero attached hydrogens (tertiary/aromatic N) is 1. The number of rotatable bonds is 13. The van der Waals surface area contributed by atoms with Crippen LogP contribution in [0, 0.1) is 0 Å². The van der Waals surface area contributed by atoms with Crippen LogP contribution in [0.15, 0.2) is 0 Å². The fourth-order valence-corrected chi connectivity index (χ4v) is 3.23. The molecule has 0 radical (unpaired) electrons. The zero-order valence-electron chi connectivity index (χ0n) is 13.5.